The summed E-state index contributed by atoms with van der Waals surface area (Å²) < 4.78 is 0. The van der Waals surface area contributed by atoms with Crippen LogP contribution in [0.15, 0.2) is 30.3 Å². The van der Waals surface area contributed by atoms with Crippen molar-refractivity contribution in [3.63, 3.8) is 0 Å². The maximum absolute atomic E-state index is 11.8. The summed E-state index contributed by atoms with van der Waals surface area (Å²) >= 11 is 0. The van der Waals surface area contributed by atoms with E-state index in [1.807, 2.05) is 18.2 Å². The normalized spacial score (nSPS) is 15.3. The van der Waals surface area contributed by atoms with Crippen LogP contribution < -0.4 is 10.6 Å². The van der Waals surface area contributed by atoms with Crippen LogP contribution in [0.5, 0.6) is 0 Å². The minimum atomic E-state index is -0.495. The second-order valence-electron chi connectivity index (χ2n) is 6.01. The van der Waals surface area contributed by atoms with Crippen LogP contribution in [0, 0.1) is 0 Å². The van der Waals surface area contributed by atoms with Crippen molar-refractivity contribution in [2.45, 2.75) is 57.4 Å². The summed E-state index contributed by atoms with van der Waals surface area (Å²) in [6.45, 7) is 0.559. The van der Waals surface area contributed by atoms with E-state index in [1.165, 1.54) is 12.0 Å². The fraction of sp³-hybridized carbons (Fsp3) is 0.556. The first-order valence-electron chi connectivity index (χ1n) is 8.38. The second kappa shape index (κ2) is 9.23. The van der Waals surface area contributed by atoms with Crippen LogP contribution >= 0.6 is 0 Å². The van der Waals surface area contributed by atoms with Gasteiger partial charge in [0.1, 0.15) is 0 Å². The molecular formula is C18H26N2O2. The van der Waals surface area contributed by atoms with Gasteiger partial charge in [0.25, 0.3) is 0 Å². The number of amides is 2. The Morgan fingerprint density at radius 2 is 1.68 bits per heavy atom. The zero-order valence-electron chi connectivity index (χ0n) is 13.1. The molecule has 1 aliphatic carbocycles. The number of carbonyl (C=O) groups is 2. The summed E-state index contributed by atoms with van der Waals surface area (Å²) in [5.74, 6) is -0.972. The fourth-order valence-corrected chi connectivity index (χ4v) is 2.88. The first kappa shape index (κ1) is 16.5. The molecule has 0 aliphatic heterocycles. The lowest BCUT2D eigenvalue weighted by molar-refractivity contribution is -0.139. The van der Waals surface area contributed by atoms with E-state index in [1.54, 1.807) is 0 Å². The van der Waals surface area contributed by atoms with Crippen molar-refractivity contribution in [2.24, 2.45) is 0 Å². The molecule has 0 bridgehead atoms. The van der Waals surface area contributed by atoms with Crippen molar-refractivity contribution in [1.29, 1.82) is 0 Å². The number of benzene rings is 1. The molecule has 1 fully saturated rings. The molecule has 4 heteroatoms. The number of nitrogens with one attached hydrogen (secondary N) is 2. The molecule has 4 nitrogen and oxygen atoms in total. The molecule has 2 rings (SSSR count). The summed E-state index contributed by atoms with van der Waals surface area (Å²) in [7, 11) is 0. The van der Waals surface area contributed by atoms with E-state index in [-0.39, 0.29) is 6.04 Å². The van der Waals surface area contributed by atoms with E-state index in [2.05, 4.69) is 22.8 Å². The van der Waals surface area contributed by atoms with Crippen LogP contribution in [0.25, 0.3) is 0 Å². The van der Waals surface area contributed by atoms with E-state index in [9.17, 15) is 9.59 Å². The molecular weight excluding hydrogens is 276 g/mol. The lowest BCUT2D eigenvalue weighted by Gasteiger charge is -2.22. The van der Waals surface area contributed by atoms with Gasteiger partial charge in [-0.2, -0.15) is 0 Å². The van der Waals surface area contributed by atoms with Crippen LogP contribution in [0.1, 0.15) is 50.5 Å². The predicted molar refractivity (Wildman–Crippen MR) is 87.4 cm³/mol. The molecule has 1 aliphatic rings. The standard InChI is InChI=1S/C18H26N2O2/c21-17(18(22)20-16-12-5-2-6-13-16)19-14-8-7-11-15-9-3-1-4-10-15/h1,3-4,9-10,16H,2,5-8,11-14H2,(H,19,21)(H,20,22). The first-order valence-corrected chi connectivity index (χ1v) is 8.38. The average molecular weight is 302 g/mol. The van der Waals surface area contributed by atoms with Gasteiger partial charge in [-0.15, -0.1) is 0 Å². The Labute approximate surface area is 132 Å². The Balaban J connectivity index is 1.56. The molecule has 1 aromatic carbocycles. The summed E-state index contributed by atoms with van der Waals surface area (Å²) in [5, 5.41) is 5.54. The largest absolute Gasteiger partial charge is 0.348 e. The van der Waals surface area contributed by atoms with Crippen molar-refractivity contribution in [1.82, 2.24) is 10.6 Å². The van der Waals surface area contributed by atoms with Crippen LogP contribution in [-0.4, -0.2) is 24.4 Å². The number of aryl methyl sites for hydroxylation is 1. The third-order valence-corrected chi connectivity index (χ3v) is 4.17. The van der Waals surface area contributed by atoms with E-state index in [0.717, 1.165) is 44.9 Å². The molecule has 22 heavy (non-hydrogen) atoms. The third kappa shape index (κ3) is 5.88. The average Bonchev–Trinajstić information content (AvgIpc) is 2.56. The molecule has 0 saturated heterocycles. The smallest absolute Gasteiger partial charge is 0.309 e. The lowest BCUT2D eigenvalue weighted by Crippen LogP contribution is -2.45. The molecule has 2 amide bonds. The fourth-order valence-electron chi connectivity index (χ4n) is 2.88. The van der Waals surface area contributed by atoms with E-state index < -0.39 is 11.8 Å². The Kier molecular flexibility index (Phi) is 6.94. The zero-order chi connectivity index (χ0) is 15.6. The highest BCUT2D eigenvalue weighted by Gasteiger charge is 2.19. The second-order valence-corrected chi connectivity index (χ2v) is 6.01. The van der Waals surface area contributed by atoms with Gasteiger partial charge in [-0.3, -0.25) is 9.59 Å². The number of rotatable bonds is 6. The minimum Gasteiger partial charge on any atom is -0.348 e. The van der Waals surface area contributed by atoms with Gasteiger partial charge in [-0.1, -0.05) is 49.6 Å². The number of hydrogen-bond donors (Lipinski definition) is 2. The molecule has 0 atom stereocenters. The van der Waals surface area contributed by atoms with Crippen LogP contribution in [-0.2, 0) is 16.0 Å². The Hall–Kier alpha value is -1.84. The van der Waals surface area contributed by atoms with Crippen LogP contribution in [0.3, 0.4) is 0 Å². The Bertz CT molecular complexity index is 467. The van der Waals surface area contributed by atoms with Gasteiger partial charge >= 0.3 is 11.8 Å². The van der Waals surface area contributed by atoms with Crippen LogP contribution in [0.4, 0.5) is 0 Å². The predicted octanol–water partition coefficient (Wildman–Crippen LogP) is 2.57. The Morgan fingerprint density at radius 1 is 0.955 bits per heavy atom. The van der Waals surface area contributed by atoms with Crippen molar-refractivity contribution in [3.8, 4) is 0 Å². The van der Waals surface area contributed by atoms with E-state index >= 15 is 0 Å². The van der Waals surface area contributed by atoms with E-state index in [0.29, 0.717) is 6.54 Å². The highest BCUT2D eigenvalue weighted by Crippen LogP contribution is 2.17. The molecule has 1 saturated carbocycles. The van der Waals surface area contributed by atoms with Crippen LogP contribution in [0.2, 0.25) is 0 Å². The molecule has 1 aromatic rings. The van der Waals surface area contributed by atoms with Gasteiger partial charge in [-0.05, 0) is 37.7 Å². The van der Waals surface area contributed by atoms with Gasteiger partial charge in [0.15, 0.2) is 0 Å². The number of hydrogen-bond acceptors (Lipinski definition) is 2. The molecule has 0 unspecified atom stereocenters. The number of unbranched alkanes of at least 4 members (excludes halogenated alkanes) is 1. The maximum Gasteiger partial charge on any atom is 0.309 e. The minimum absolute atomic E-state index is 0.185. The monoisotopic (exact) mass is 302 g/mol. The van der Waals surface area contributed by atoms with Gasteiger partial charge in [-0.25, -0.2) is 0 Å². The van der Waals surface area contributed by atoms with Crippen molar-refractivity contribution in [3.05, 3.63) is 35.9 Å². The third-order valence-electron chi connectivity index (χ3n) is 4.17. The number of carbonyl (C=O) groups excluding carboxylic acids is 2. The molecule has 0 spiro atoms. The topological polar surface area (TPSA) is 58.2 Å². The van der Waals surface area contributed by atoms with Crippen molar-refractivity contribution >= 4 is 11.8 Å². The van der Waals surface area contributed by atoms with Crippen molar-refractivity contribution in [2.75, 3.05) is 6.54 Å². The SMILES string of the molecule is O=C(NCCCCc1ccccc1)C(=O)NC1CCCCC1. The molecule has 120 valence electrons. The lowest BCUT2D eigenvalue weighted by atomic mass is 9.95. The molecule has 2 N–H and O–H groups in total. The van der Waals surface area contributed by atoms with Gasteiger partial charge < -0.3 is 10.6 Å². The quantitative estimate of drug-likeness (QED) is 0.627. The van der Waals surface area contributed by atoms with Crippen molar-refractivity contribution < 1.29 is 9.59 Å². The zero-order valence-corrected chi connectivity index (χ0v) is 13.1. The molecule has 0 aromatic heterocycles. The summed E-state index contributed by atoms with van der Waals surface area (Å²) in [6, 6.07) is 10.5. The van der Waals surface area contributed by atoms with Gasteiger partial charge in [0, 0.05) is 12.6 Å². The summed E-state index contributed by atoms with van der Waals surface area (Å²) in [6.07, 6.45) is 8.42. The summed E-state index contributed by atoms with van der Waals surface area (Å²) in [4.78, 5) is 23.5. The molecule has 0 radical (unpaired) electrons. The Morgan fingerprint density at radius 3 is 2.41 bits per heavy atom. The highest BCUT2D eigenvalue weighted by molar-refractivity contribution is 6.35. The highest BCUT2D eigenvalue weighted by atomic mass is 16.2. The maximum atomic E-state index is 11.8. The first-order chi connectivity index (χ1) is 10.8. The van der Waals surface area contributed by atoms with E-state index in [4.69, 9.17) is 0 Å². The van der Waals surface area contributed by atoms with Gasteiger partial charge in [0.2, 0.25) is 0 Å². The summed E-state index contributed by atoms with van der Waals surface area (Å²) in [5.41, 5.74) is 1.31. The molecule has 0 heterocycles. The van der Waals surface area contributed by atoms with Gasteiger partial charge in [0.05, 0.1) is 0 Å².